The Bertz CT molecular complexity index is 784. The molecule has 0 aliphatic rings. The zero-order chi connectivity index (χ0) is 15.4. The minimum Gasteiger partial charge on any atom is -0.321 e. The van der Waals surface area contributed by atoms with E-state index in [1.165, 1.54) is 11.3 Å². The highest BCUT2D eigenvalue weighted by Crippen LogP contribution is 2.26. The van der Waals surface area contributed by atoms with E-state index in [0.717, 1.165) is 21.2 Å². The normalized spacial score (nSPS) is 10.4. The number of nitrogens with zero attached hydrogens (tertiary/aromatic N) is 1. The van der Waals surface area contributed by atoms with Gasteiger partial charge >= 0.3 is 0 Å². The molecular weight excluding hydrogens is 312 g/mol. The number of hydrogen-bond donors (Lipinski definition) is 1. The molecule has 0 saturated carbocycles. The molecule has 1 amide bonds. The second-order valence-corrected chi connectivity index (χ2v) is 6.49. The third-order valence-electron chi connectivity index (χ3n) is 3.08. The molecule has 3 nitrogen and oxygen atoms in total. The predicted octanol–water partition coefficient (Wildman–Crippen LogP) is 4.78. The smallest absolute Gasteiger partial charge is 0.267 e. The summed E-state index contributed by atoms with van der Waals surface area (Å²) in [7, 11) is 0. The maximum absolute atomic E-state index is 12.3. The van der Waals surface area contributed by atoms with Gasteiger partial charge < -0.3 is 5.32 Å². The highest BCUT2D eigenvalue weighted by Gasteiger charge is 2.12. The number of aromatic nitrogens is 1. The number of amides is 1. The predicted molar refractivity (Wildman–Crippen MR) is 93.7 cm³/mol. The maximum Gasteiger partial charge on any atom is 0.267 e. The van der Waals surface area contributed by atoms with E-state index in [9.17, 15) is 4.79 Å². The molecule has 0 unspecified atom stereocenters. The molecule has 0 saturated heterocycles. The molecule has 0 fully saturated rings. The molecule has 3 rings (SSSR count). The van der Waals surface area contributed by atoms with E-state index in [4.69, 9.17) is 0 Å². The zero-order valence-corrected chi connectivity index (χ0v) is 13.6. The van der Waals surface area contributed by atoms with Gasteiger partial charge in [-0.05, 0) is 24.5 Å². The van der Waals surface area contributed by atoms with Crippen LogP contribution in [-0.2, 0) is 0 Å². The van der Waals surface area contributed by atoms with E-state index in [1.54, 1.807) is 18.0 Å². The van der Waals surface area contributed by atoms with Gasteiger partial charge in [-0.1, -0.05) is 36.4 Å². The molecular formula is C17H14N2OS2. The van der Waals surface area contributed by atoms with Crippen LogP contribution in [0, 0.1) is 0 Å². The summed E-state index contributed by atoms with van der Waals surface area (Å²) in [5, 5.41) is 3.77. The Labute approximate surface area is 137 Å². The van der Waals surface area contributed by atoms with Crippen LogP contribution in [-0.4, -0.2) is 17.1 Å². The molecule has 1 aromatic heterocycles. The molecule has 0 aliphatic carbocycles. The van der Waals surface area contributed by atoms with Crippen LogP contribution in [0.4, 0.5) is 5.69 Å². The van der Waals surface area contributed by atoms with E-state index >= 15 is 0 Å². The minimum atomic E-state index is -0.127. The fourth-order valence-corrected chi connectivity index (χ4v) is 3.26. The number of hydrogen-bond acceptors (Lipinski definition) is 4. The van der Waals surface area contributed by atoms with Gasteiger partial charge in [0.05, 0.1) is 6.20 Å². The zero-order valence-electron chi connectivity index (χ0n) is 11.9. The third-order valence-corrected chi connectivity index (χ3v) is 4.85. The second-order valence-electron chi connectivity index (χ2n) is 4.58. The van der Waals surface area contributed by atoms with Crippen LogP contribution in [0.2, 0.25) is 0 Å². The molecule has 5 heteroatoms. The van der Waals surface area contributed by atoms with Crippen LogP contribution in [0.3, 0.4) is 0 Å². The van der Waals surface area contributed by atoms with Gasteiger partial charge in [-0.25, -0.2) is 4.98 Å². The van der Waals surface area contributed by atoms with Crippen molar-refractivity contribution in [1.82, 2.24) is 4.98 Å². The summed E-state index contributed by atoms with van der Waals surface area (Å²) in [5.41, 5.74) is 1.82. The van der Waals surface area contributed by atoms with Gasteiger partial charge in [0.2, 0.25) is 0 Å². The Morgan fingerprint density at radius 1 is 1.14 bits per heavy atom. The molecule has 0 radical (unpaired) electrons. The molecule has 3 aromatic rings. The van der Waals surface area contributed by atoms with Gasteiger partial charge in [-0.3, -0.25) is 4.79 Å². The molecule has 0 spiro atoms. The number of carbonyl (C=O) groups is 1. The van der Waals surface area contributed by atoms with Gasteiger partial charge in [0, 0.05) is 16.1 Å². The van der Waals surface area contributed by atoms with Crippen molar-refractivity contribution in [3.63, 3.8) is 0 Å². The molecule has 0 atom stereocenters. The summed E-state index contributed by atoms with van der Waals surface area (Å²) in [6.45, 7) is 0. The topological polar surface area (TPSA) is 42.0 Å². The molecule has 0 bridgehead atoms. The highest BCUT2D eigenvalue weighted by atomic mass is 32.2. The lowest BCUT2D eigenvalue weighted by Gasteiger charge is -2.04. The van der Waals surface area contributed by atoms with Crippen molar-refractivity contribution in [2.75, 3.05) is 11.6 Å². The Balaban J connectivity index is 1.77. The Kier molecular flexibility index (Phi) is 4.56. The van der Waals surface area contributed by atoms with Crippen molar-refractivity contribution in [2.45, 2.75) is 4.90 Å². The molecule has 1 N–H and O–H groups in total. The largest absolute Gasteiger partial charge is 0.321 e. The van der Waals surface area contributed by atoms with Crippen molar-refractivity contribution in [3.05, 3.63) is 65.7 Å². The van der Waals surface area contributed by atoms with Gasteiger partial charge in [0.25, 0.3) is 5.91 Å². The Morgan fingerprint density at radius 3 is 2.73 bits per heavy atom. The summed E-state index contributed by atoms with van der Waals surface area (Å²) >= 11 is 3.04. The van der Waals surface area contributed by atoms with Gasteiger partial charge in [0.1, 0.15) is 9.88 Å². The third kappa shape index (κ3) is 3.37. The quantitative estimate of drug-likeness (QED) is 0.701. The maximum atomic E-state index is 12.3. The van der Waals surface area contributed by atoms with Crippen LogP contribution in [0.15, 0.2) is 65.7 Å². The number of thioether (sulfide) groups is 1. The van der Waals surface area contributed by atoms with Crippen molar-refractivity contribution < 1.29 is 4.79 Å². The van der Waals surface area contributed by atoms with E-state index in [1.807, 2.05) is 60.9 Å². The second kappa shape index (κ2) is 6.77. The van der Waals surface area contributed by atoms with Gasteiger partial charge in [-0.15, -0.1) is 23.1 Å². The summed E-state index contributed by atoms with van der Waals surface area (Å²) in [6, 6.07) is 17.7. The van der Waals surface area contributed by atoms with E-state index in [-0.39, 0.29) is 5.91 Å². The molecule has 2 aromatic carbocycles. The van der Waals surface area contributed by atoms with E-state index in [2.05, 4.69) is 10.3 Å². The summed E-state index contributed by atoms with van der Waals surface area (Å²) < 4.78 is 0. The lowest BCUT2D eigenvalue weighted by Crippen LogP contribution is -2.09. The summed E-state index contributed by atoms with van der Waals surface area (Å²) in [5.74, 6) is -0.127. The van der Waals surface area contributed by atoms with Crippen LogP contribution >= 0.6 is 23.1 Å². The summed E-state index contributed by atoms with van der Waals surface area (Å²) in [4.78, 5) is 18.4. The first kappa shape index (κ1) is 14.8. The number of anilines is 1. The first-order valence-corrected chi connectivity index (χ1v) is 8.77. The number of rotatable bonds is 4. The number of nitrogens with one attached hydrogen (secondary N) is 1. The first-order valence-electron chi connectivity index (χ1n) is 6.73. The molecule has 1 heterocycles. The SMILES string of the molecule is CSc1cccc(NC(=O)c2cnc(-c3ccccc3)s2)c1. The van der Waals surface area contributed by atoms with E-state index < -0.39 is 0 Å². The van der Waals surface area contributed by atoms with E-state index in [0.29, 0.717) is 4.88 Å². The van der Waals surface area contributed by atoms with Crippen LogP contribution < -0.4 is 5.32 Å². The average molecular weight is 326 g/mol. The first-order chi connectivity index (χ1) is 10.8. The van der Waals surface area contributed by atoms with Gasteiger partial charge in [0.15, 0.2) is 0 Å². The summed E-state index contributed by atoms with van der Waals surface area (Å²) in [6.07, 6.45) is 3.64. The van der Waals surface area contributed by atoms with Crippen LogP contribution in [0.5, 0.6) is 0 Å². The van der Waals surface area contributed by atoms with Gasteiger partial charge in [-0.2, -0.15) is 0 Å². The van der Waals surface area contributed by atoms with Crippen molar-refractivity contribution in [1.29, 1.82) is 0 Å². The standard InChI is InChI=1S/C17H14N2OS2/c1-21-14-9-5-8-13(10-14)19-16(20)15-11-18-17(22-15)12-6-3-2-4-7-12/h2-11H,1H3,(H,19,20). The number of thiazole rings is 1. The fourth-order valence-electron chi connectivity index (χ4n) is 1.99. The number of benzene rings is 2. The van der Waals surface area contributed by atoms with Crippen molar-refractivity contribution in [3.8, 4) is 10.6 Å². The Morgan fingerprint density at radius 2 is 1.95 bits per heavy atom. The molecule has 22 heavy (non-hydrogen) atoms. The average Bonchev–Trinajstić information content (AvgIpc) is 3.06. The van der Waals surface area contributed by atoms with Crippen LogP contribution in [0.25, 0.3) is 10.6 Å². The van der Waals surface area contributed by atoms with Crippen molar-refractivity contribution >= 4 is 34.7 Å². The lowest BCUT2D eigenvalue weighted by molar-refractivity contribution is 0.103. The minimum absolute atomic E-state index is 0.127. The Hall–Kier alpha value is -2.11. The van der Waals surface area contributed by atoms with Crippen molar-refractivity contribution in [2.24, 2.45) is 0 Å². The number of carbonyl (C=O) groups excluding carboxylic acids is 1. The monoisotopic (exact) mass is 326 g/mol. The lowest BCUT2D eigenvalue weighted by atomic mass is 10.2. The van der Waals surface area contributed by atoms with Crippen LogP contribution in [0.1, 0.15) is 9.67 Å². The molecule has 110 valence electrons. The highest BCUT2D eigenvalue weighted by molar-refractivity contribution is 7.98. The fraction of sp³-hybridized carbons (Fsp3) is 0.0588. The molecule has 0 aliphatic heterocycles.